The minimum Gasteiger partial charge on any atom is -0.207 e. The van der Waals surface area contributed by atoms with Crippen molar-refractivity contribution in [2.45, 2.75) is 0 Å². The molecule has 9 heavy (non-hydrogen) atoms. The second-order valence-corrected chi connectivity index (χ2v) is 7.17. The van der Waals surface area contributed by atoms with Gasteiger partial charge in [0, 0.05) is 5.41 Å². The number of thiol groups is 3. The quantitative estimate of drug-likeness (QED) is 0.404. The van der Waals surface area contributed by atoms with Crippen LogP contribution >= 0.6 is 32.5 Å². The highest BCUT2D eigenvalue weighted by molar-refractivity contribution is 9.09. The first-order valence-electron chi connectivity index (χ1n) is 1.81. The minimum absolute atomic E-state index is 0.814. The lowest BCUT2D eigenvalue weighted by Gasteiger charge is -2.05. The van der Waals surface area contributed by atoms with E-state index >= 15 is 0 Å². The standard InChI is InChI=1S/C2H7NO2S4/c1-2-9(4,5)3-8(6)7/h2-3,6-8H,1H2. The number of hydrogen-bond donors (Lipinski definition) is 4. The van der Waals surface area contributed by atoms with Crippen molar-refractivity contribution in [2.75, 3.05) is 0 Å². The summed E-state index contributed by atoms with van der Waals surface area (Å²) in [4.78, 5) is 0. The smallest absolute Gasteiger partial charge is 0.207 e. The van der Waals surface area contributed by atoms with E-state index in [0.717, 1.165) is 5.41 Å². The minimum atomic E-state index is -3.33. The van der Waals surface area contributed by atoms with Crippen LogP contribution in [-0.4, -0.2) is 8.42 Å². The zero-order chi connectivity index (χ0) is 7.49. The Hall–Kier alpha value is 0.700. The zero-order valence-corrected chi connectivity index (χ0v) is 7.85. The van der Waals surface area contributed by atoms with Crippen molar-refractivity contribution in [3.8, 4) is 0 Å². The summed E-state index contributed by atoms with van der Waals surface area (Å²) < 4.78 is 23.1. The van der Waals surface area contributed by atoms with Crippen LogP contribution in [0.4, 0.5) is 0 Å². The molecule has 0 radical (unpaired) electrons. The predicted octanol–water partition coefficient (Wildman–Crippen LogP) is 0.655. The van der Waals surface area contributed by atoms with Crippen LogP contribution in [-0.2, 0) is 10.0 Å². The van der Waals surface area contributed by atoms with E-state index in [1.807, 2.05) is 0 Å². The van der Waals surface area contributed by atoms with Gasteiger partial charge in [0.1, 0.15) is 0 Å². The number of sulfonamides is 1. The molecule has 0 aromatic heterocycles. The molecule has 0 heterocycles. The molecule has 0 rings (SSSR count). The third kappa shape index (κ3) is 5.16. The molecule has 0 saturated heterocycles. The fourth-order valence-electron chi connectivity index (χ4n) is 0.151. The fraction of sp³-hybridized carbons (Fsp3) is 0. The van der Waals surface area contributed by atoms with Gasteiger partial charge in [0.25, 0.3) is 0 Å². The van der Waals surface area contributed by atoms with Crippen molar-refractivity contribution in [3.05, 3.63) is 12.0 Å². The zero-order valence-electron chi connectivity index (χ0n) is 4.35. The van der Waals surface area contributed by atoms with Crippen molar-refractivity contribution in [2.24, 2.45) is 0 Å². The largest absolute Gasteiger partial charge is 0.242 e. The van der Waals surface area contributed by atoms with Gasteiger partial charge in [0.15, 0.2) is 0 Å². The highest BCUT2D eigenvalue weighted by Gasteiger charge is 2.02. The maximum Gasteiger partial charge on any atom is 0.242 e. The molecule has 0 saturated carbocycles. The van der Waals surface area contributed by atoms with Gasteiger partial charge in [-0.25, -0.2) is 8.42 Å². The lowest BCUT2D eigenvalue weighted by atomic mass is 11.3. The Kier molecular flexibility index (Phi) is 4.06. The topological polar surface area (TPSA) is 46.2 Å². The Balaban J connectivity index is 4.05. The maximum atomic E-state index is 10.5. The summed E-state index contributed by atoms with van der Waals surface area (Å²) in [7, 11) is -4.54. The van der Waals surface area contributed by atoms with Crippen LogP contribution in [0.25, 0.3) is 0 Å². The van der Waals surface area contributed by atoms with Gasteiger partial charge in [-0.05, 0) is 0 Å². The van der Waals surface area contributed by atoms with Gasteiger partial charge in [-0.15, -0.1) is 23.3 Å². The van der Waals surface area contributed by atoms with E-state index in [2.05, 4.69) is 34.0 Å². The summed E-state index contributed by atoms with van der Waals surface area (Å²) in [6.45, 7) is 3.08. The molecule has 0 aliphatic heterocycles. The van der Waals surface area contributed by atoms with Crippen LogP contribution in [0.15, 0.2) is 12.0 Å². The first-order valence-corrected chi connectivity index (χ1v) is 7.00. The van der Waals surface area contributed by atoms with Crippen molar-refractivity contribution < 1.29 is 8.42 Å². The van der Waals surface area contributed by atoms with Crippen LogP contribution in [0.2, 0.25) is 0 Å². The van der Waals surface area contributed by atoms with Gasteiger partial charge in [-0.2, -0.15) is 4.13 Å². The summed E-state index contributed by atoms with van der Waals surface area (Å²) in [5.74, 6) is 0. The molecule has 0 atom stereocenters. The molecule has 0 aromatic carbocycles. The van der Waals surface area contributed by atoms with E-state index in [0.29, 0.717) is 0 Å². The Morgan fingerprint density at radius 3 is 2.11 bits per heavy atom. The van der Waals surface area contributed by atoms with Crippen molar-refractivity contribution in [1.82, 2.24) is 4.13 Å². The third-order valence-corrected chi connectivity index (χ3v) is 4.01. The molecule has 0 unspecified atom stereocenters. The lowest BCUT2D eigenvalue weighted by Crippen LogP contribution is -2.12. The molecule has 1 N–H and O–H groups in total. The normalized spacial score (nSPS) is 12.9. The van der Waals surface area contributed by atoms with Crippen LogP contribution in [0.1, 0.15) is 0 Å². The molecule has 56 valence electrons. The predicted molar refractivity (Wildman–Crippen MR) is 49.2 cm³/mol. The van der Waals surface area contributed by atoms with Gasteiger partial charge in [-0.3, -0.25) is 0 Å². The van der Waals surface area contributed by atoms with Crippen molar-refractivity contribution in [1.29, 1.82) is 0 Å². The number of hydrogen-bond acceptors (Lipinski definition) is 4. The second-order valence-electron chi connectivity index (χ2n) is 1.09. The molecule has 0 spiro atoms. The summed E-state index contributed by atoms with van der Waals surface area (Å²) in [6.07, 6.45) is 0. The summed E-state index contributed by atoms with van der Waals surface area (Å²) in [5, 5.41) is 0.814. The third-order valence-electron chi connectivity index (χ3n) is 0.428. The Labute approximate surface area is 67.1 Å². The van der Waals surface area contributed by atoms with E-state index in [4.69, 9.17) is 0 Å². The lowest BCUT2D eigenvalue weighted by molar-refractivity contribution is 0.603. The van der Waals surface area contributed by atoms with E-state index < -0.39 is 19.2 Å². The van der Waals surface area contributed by atoms with E-state index in [1.54, 1.807) is 0 Å². The Bertz CT molecular complexity index is 183. The Morgan fingerprint density at radius 2 is 2.00 bits per heavy atom. The van der Waals surface area contributed by atoms with E-state index in [-0.39, 0.29) is 0 Å². The van der Waals surface area contributed by atoms with Crippen molar-refractivity contribution >= 4 is 42.5 Å². The van der Waals surface area contributed by atoms with Gasteiger partial charge in [0.05, 0.1) is 0 Å². The van der Waals surface area contributed by atoms with E-state index in [1.165, 1.54) is 0 Å². The van der Waals surface area contributed by atoms with Gasteiger partial charge in [0.2, 0.25) is 10.0 Å². The van der Waals surface area contributed by atoms with E-state index in [9.17, 15) is 8.42 Å². The summed E-state index contributed by atoms with van der Waals surface area (Å²) in [5.41, 5.74) is 0. The van der Waals surface area contributed by atoms with Crippen LogP contribution in [0.3, 0.4) is 0 Å². The molecule has 0 amide bonds. The van der Waals surface area contributed by atoms with Crippen LogP contribution < -0.4 is 4.13 Å². The second kappa shape index (κ2) is 3.77. The monoisotopic (exact) mass is 205 g/mol. The SMILES string of the molecule is C=CS(=O)(=O)N[SH](S)S. The van der Waals surface area contributed by atoms with Gasteiger partial charge in [-0.1, -0.05) is 15.7 Å². The molecule has 0 bridgehead atoms. The first-order chi connectivity index (χ1) is 3.98. The van der Waals surface area contributed by atoms with Crippen molar-refractivity contribution in [3.63, 3.8) is 0 Å². The average Bonchev–Trinajstić information content (AvgIpc) is 1.63. The number of nitrogens with one attached hydrogen (secondary N) is 1. The fourth-order valence-corrected chi connectivity index (χ4v) is 3.41. The maximum absolute atomic E-state index is 10.5. The molecule has 0 aliphatic rings. The van der Waals surface area contributed by atoms with Crippen LogP contribution in [0.5, 0.6) is 0 Å². The molecule has 7 heteroatoms. The molecule has 0 fully saturated rings. The molecular formula is C2H7NO2S4. The van der Waals surface area contributed by atoms with Crippen LogP contribution in [0, 0.1) is 0 Å². The summed E-state index contributed by atoms with van der Waals surface area (Å²) >= 11 is 7.47. The molecular weight excluding hydrogens is 198 g/mol. The average molecular weight is 205 g/mol. The van der Waals surface area contributed by atoms with Gasteiger partial charge >= 0.3 is 0 Å². The highest BCUT2D eigenvalue weighted by Crippen LogP contribution is 2.30. The highest BCUT2D eigenvalue weighted by atomic mass is 33.5. The molecule has 0 aromatic rings. The molecule has 0 aliphatic carbocycles. The summed E-state index contributed by atoms with van der Waals surface area (Å²) in [6, 6.07) is 0. The molecule has 3 nitrogen and oxygen atoms in total. The van der Waals surface area contributed by atoms with Gasteiger partial charge < -0.3 is 0 Å². The number of rotatable bonds is 3. The Morgan fingerprint density at radius 1 is 1.56 bits per heavy atom. The first kappa shape index (κ1) is 9.70.